The second-order valence-electron chi connectivity index (χ2n) is 9.22. The average molecular weight is 436 g/mol. The molecular weight excluding hydrogens is 406 g/mol. The van der Waals surface area contributed by atoms with Crippen molar-refractivity contribution in [1.82, 2.24) is 14.3 Å². The molecule has 7 heteroatoms. The van der Waals surface area contributed by atoms with Crippen molar-refractivity contribution >= 4 is 5.97 Å². The lowest BCUT2D eigenvalue weighted by molar-refractivity contribution is 0.0694. The number of nitrogens with zero attached hydrogens (tertiary/aromatic N) is 3. The van der Waals surface area contributed by atoms with E-state index in [1.54, 1.807) is 7.11 Å². The summed E-state index contributed by atoms with van der Waals surface area (Å²) in [5.74, 6) is 0.234. The molecule has 2 aromatic heterocycles. The van der Waals surface area contributed by atoms with Crippen molar-refractivity contribution in [2.75, 3.05) is 7.11 Å². The Morgan fingerprint density at radius 2 is 1.94 bits per heavy atom. The Morgan fingerprint density at radius 3 is 2.56 bits per heavy atom. The van der Waals surface area contributed by atoms with Gasteiger partial charge in [0.05, 0.1) is 19.0 Å². The fraction of sp³-hybridized carbons (Fsp3) is 0.400. The van der Waals surface area contributed by atoms with Gasteiger partial charge in [0.2, 0.25) is 0 Å². The number of carbonyl (C=O) groups is 1. The SMILES string of the molecule is COc1cc2c(cc1-c1cnn(CC(C)C)c1)CC(C(C)C)n1cc(C(=O)O)c(=O)cc1-2. The van der Waals surface area contributed by atoms with Crippen molar-refractivity contribution in [2.24, 2.45) is 11.8 Å². The maximum absolute atomic E-state index is 12.5. The molecule has 0 bridgehead atoms. The largest absolute Gasteiger partial charge is 0.496 e. The maximum atomic E-state index is 12.5. The normalized spacial score (nSPS) is 15.0. The molecule has 7 nitrogen and oxygen atoms in total. The minimum Gasteiger partial charge on any atom is -0.496 e. The molecule has 0 radical (unpaired) electrons. The zero-order chi connectivity index (χ0) is 23.2. The summed E-state index contributed by atoms with van der Waals surface area (Å²) in [6.07, 6.45) is 6.11. The number of methoxy groups -OCH3 is 1. The van der Waals surface area contributed by atoms with Crippen LogP contribution in [0.3, 0.4) is 0 Å². The minimum absolute atomic E-state index is 0.0427. The summed E-state index contributed by atoms with van der Waals surface area (Å²) in [6.45, 7) is 9.37. The van der Waals surface area contributed by atoms with E-state index in [1.165, 1.54) is 12.3 Å². The monoisotopic (exact) mass is 435 g/mol. The fourth-order valence-electron chi connectivity index (χ4n) is 4.48. The van der Waals surface area contributed by atoms with Crippen LogP contribution in [0, 0.1) is 11.8 Å². The third kappa shape index (κ3) is 3.83. The average Bonchev–Trinajstić information content (AvgIpc) is 3.18. The van der Waals surface area contributed by atoms with Crippen LogP contribution < -0.4 is 10.2 Å². The van der Waals surface area contributed by atoms with Crippen LogP contribution in [0.1, 0.15) is 49.7 Å². The molecule has 168 valence electrons. The first kappa shape index (κ1) is 21.9. The highest BCUT2D eigenvalue weighted by atomic mass is 16.5. The van der Waals surface area contributed by atoms with E-state index in [-0.39, 0.29) is 17.5 Å². The Labute approximate surface area is 187 Å². The number of rotatable bonds is 6. The Hall–Kier alpha value is -3.35. The number of carboxylic acid groups (broad SMARTS) is 1. The van der Waals surface area contributed by atoms with Crippen LogP contribution in [0.25, 0.3) is 22.4 Å². The second kappa shape index (κ2) is 8.30. The van der Waals surface area contributed by atoms with Gasteiger partial charge in [-0.25, -0.2) is 4.79 Å². The molecule has 1 aliphatic rings. The molecule has 3 aromatic rings. The Bertz CT molecular complexity index is 1240. The molecule has 1 aromatic carbocycles. The number of carboxylic acids is 1. The molecule has 0 spiro atoms. The number of pyridine rings is 1. The predicted octanol–water partition coefficient (Wildman–Crippen LogP) is 4.49. The lowest BCUT2D eigenvalue weighted by Gasteiger charge is -2.34. The predicted molar refractivity (Wildman–Crippen MR) is 123 cm³/mol. The van der Waals surface area contributed by atoms with Crippen LogP contribution in [0.4, 0.5) is 0 Å². The first-order valence-electron chi connectivity index (χ1n) is 10.9. The molecule has 32 heavy (non-hydrogen) atoms. The van der Waals surface area contributed by atoms with Gasteiger partial charge >= 0.3 is 5.97 Å². The van der Waals surface area contributed by atoms with Crippen molar-refractivity contribution in [3.05, 3.63) is 58.1 Å². The number of hydrogen-bond donors (Lipinski definition) is 1. The lowest BCUT2D eigenvalue weighted by Crippen LogP contribution is -2.28. The number of fused-ring (bicyclic) bond motifs is 3. The van der Waals surface area contributed by atoms with Gasteiger partial charge in [-0.2, -0.15) is 5.10 Å². The van der Waals surface area contributed by atoms with Crippen molar-refractivity contribution in [3.8, 4) is 28.1 Å². The van der Waals surface area contributed by atoms with Crippen molar-refractivity contribution in [3.63, 3.8) is 0 Å². The molecular formula is C25H29N3O4. The van der Waals surface area contributed by atoms with E-state index in [0.29, 0.717) is 11.7 Å². The summed E-state index contributed by atoms with van der Waals surface area (Å²) < 4.78 is 9.60. The van der Waals surface area contributed by atoms with Gasteiger partial charge in [-0.1, -0.05) is 27.7 Å². The molecule has 1 unspecified atom stereocenters. The highest BCUT2D eigenvalue weighted by Crippen LogP contribution is 2.42. The summed E-state index contributed by atoms with van der Waals surface area (Å²) in [4.78, 5) is 24.1. The summed E-state index contributed by atoms with van der Waals surface area (Å²) >= 11 is 0. The first-order chi connectivity index (χ1) is 15.2. The standard InChI is InChI=1S/C25H29N3O4/c1-14(2)11-27-12-17(10-26-27)19-6-16-7-21(15(3)4)28-13-20(25(30)31)23(29)9-22(28)18(16)8-24(19)32-5/h6,8-10,12-15,21H,7,11H2,1-5H3,(H,30,31). The molecule has 1 aliphatic heterocycles. The molecule has 0 saturated carbocycles. The van der Waals surface area contributed by atoms with E-state index in [0.717, 1.165) is 40.9 Å². The number of hydrogen-bond acceptors (Lipinski definition) is 4. The zero-order valence-electron chi connectivity index (χ0n) is 19.1. The van der Waals surface area contributed by atoms with Gasteiger partial charge in [-0.05, 0) is 36.0 Å². The van der Waals surface area contributed by atoms with Crippen LogP contribution in [0.15, 0.2) is 41.6 Å². The van der Waals surface area contributed by atoms with Crippen LogP contribution >= 0.6 is 0 Å². The van der Waals surface area contributed by atoms with Gasteiger partial charge in [0.25, 0.3) is 0 Å². The number of aromatic carboxylic acids is 1. The summed E-state index contributed by atoms with van der Waals surface area (Å²) in [7, 11) is 1.63. The van der Waals surface area contributed by atoms with Gasteiger partial charge in [0.1, 0.15) is 11.3 Å². The first-order valence-corrected chi connectivity index (χ1v) is 10.9. The number of aromatic nitrogens is 3. The van der Waals surface area contributed by atoms with Gasteiger partial charge in [0.15, 0.2) is 5.43 Å². The van der Waals surface area contributed by atoms with Crippen LogP contribution in [-0.4, -0.2) is 32.5 Å². The van der Waals surface area contributed by atoms with E-state index >= 15 is 0 Å². The zero-order valence-corrected chi connectivity index (χ0v) is 19.1. The lowest BCUT2D eigenvalue weighted by atomic mass is 9.85. The quantitative estimate of drug-likeness (QED) is 0.616. The van der Waals surface area contributed by atoms with Gasteiger partial charge in [-0.15, -0.1) is 0 Å². The molecule has 4 rings (SSSR count). The van der Waals surface area contributed by atoms with Gasteiger partial charge in [-0.3, -0.25) is 9.48 Å². The summed E-state index contributed by atoms with van der Waals surface area (Å²) in [6, 6.07) is 5.56. The highest BCUT2D eigenvalue weighted by Gasteiger charge is 2.29. The smallest absolute Gasteiger partial charge is 0.341 e. The molecule has 1 atom stereocenters. The number of benzene rings is 1. The van der Waals surface area contributed by atoms with Crippen LogP contribution in [0.5, 0.6) is 5.75 Å². The fourth-order valence-corrected chi connectivity index (χ4v) is 4.48. The molecule has 0 amide bonds. The van der Waals surface area contributed by atoms with Crippen LogP contribution in [-0.2, 0) is 13.0 Å². The molecule has 0 fully saturated rings. The number of ether oxygens (including phenoxy) is 1. The van der Waals surface area contributed by atoms with E-state index in [1.807, 2.05) is 27.7 Å². The Kier molecular flexibility index (Phi) is 5.67. The molecule has 0 saturated heterocycles. The molecule has 1 N–H and O–H groups in total. The van der Waals surface area contributed by atoms with E-state index in [9.17, 15) is 14.7 Å². The molecule has 3 heterocycles. The van der Waals surface area contributed by atoms with Crippen molar-refractivity contribution in [2.45, 2.75) is 46.7 Å². The van der Waals surface area contributed by atoms with Crippen molar-refractivity contribution in [1.29, 1.82) is 0 Å². The third-order valence-electron chi connectivity index (χ3n) is 6.06. The highest BCUT2D eigenvalue weighted by molar-refractivity contribution is 5.88. The molecule has 0 aliphatic carbocycles. The van der Waals surface area contributed by atoms with Gasteiger partial charge < -0.3 is 14.4 Å². The maximum Gasteiger partial charge on any atom is 0.341 e. The van der Waals surface area contributed by atoms with E-state index in [2.05, 4.69) is 38.9 Å². The summed E-state index contributed by atoms with van der Waals surface area (Å²) in [5, 5.41) is 13.9. The van der Waals surface area contributed by atoms with E-state index in [4.69, 9.17) is 4.74 Å². The minimum atomic E-state index is -1.20. The van der Waals surface area contributed by atoms with E-state index < -0.39 is 11.4 Å². The Morgan fingerprint density at radius 1 is 1.19 bits per heavy atom. The topological polar surface area (TPSA) is 86.3 Å². The third-order valence-corrected chi connectivity index (χ3v) is 6.06. The van der Waals surface area contributed by atoms with Gasteiger partial charge in [0, 0.05) is 47.7 Å². The Balaban J connectivity index is 1.89. The van der Waals surface area contributed by atoms with Crippen molar-refractivity contribution < 1.29 is 14.6 Å². The van der Waals surface area contributed by atoms with Crippen LogP contribution in [0.2, 0.25) is 0 Å². The second-order valence-corrected chi connectivity index (χ2v) is 9.22. The summed E-state index contributed by atoms with van der Waals surface area (Å²) in [5.41, 5.74) is 3.98.